The first-order valence-electron chi connectivity index (χ1n) is 5.95. The number of benzene rings is 2. The zero-order chi connectivity index (χ0) is 13.8. The lowest BCUT2D eigenvalue weighted by atomic mass is 10.1. The Morgan fingerprint density at radius 3 is 2.58 bits per heavy atom. The number of aromatic hydroxyl groups is 1. The van der Waals surface area contributed by atoms with E-state index in [-0.39, 0.29) is 17.4 Å². The molecule has 2 rings (SSSR count). The number of aromatic carboxylic acids is 1. The van der Waals surface area contributed by atoms with Crippen molar-refractivity contribution in [2.24, 2.45) is 0 Å². The maximum absolute atomic E-state index is 10.9. The van der Waals surface area contributed by atoms with Gasteiger partial charge in [-0.15, -0.1) is 0 Å². The smallest absolute Gasteiger partial charge is 0.335 e. The number of anilines is 1. The Morgan fingerprint density at radius 1 is 1.16 bits per heavy atom. The lowest BCUT2D eigenvalue weighted by Gasteiger charge is -2.16. The van der Waals surface area contributed by atoms with Crippen molar-refractivity contribution in [1.29, 1.82) is 0 Å². The van der Waals surface area contributed by atoms with Crippen molar-refractivity contribution in [2.75, 3.05) is 5.32 Å². The molecular formula is C15H15NO3. The lowest BCUT2D eigenvalue weighted by molar-refractivity contribution is 0.0697. The molecule has 19 heavy (non-hydrogen) atoms. The van der Waals surface area contributed by atoms with Gasteiger partial charge in [-0.05, 0) is 42.8 Å². The molecular weight excluding hydrogens is 242 g/mol. The van der Waals surface area contributed by atoms with Gasteiger partial charge in [0.1, 0.15) is 5.75 Å². The van der Waals surface area contributed by atoms with Gasteiger partial charge in [0.15, 0.2) is 0 Å². The number of phenols is 1. The van der Waals surface area contributed by atoms with Crippen LogP contribution in [0.1, 0.15) is 28.9 Å². The molecule has 0 heterocycles. The van der Waals surface area contributed by atoms with Crippen LogP contribution in [0.5, 0.6) is 5.75 Å². The Hall–Kier alpha value is -2.49. The van der Waals surface area contributed by atoms with E-state index in [1.165, 1.54) is 0 Å². The molecule has 4 nitrogen and oxygen atoms in total. The second-order valence-corrected chi connectivity index (χ2v) is 4.35. The summed E-state index contributed by atoms with van der Waals surface area (Å²) in [7, 11) is 0. The number of carboxylic acids is 1. The van der Waals surface area contributed by atoms with Gasteiger partial charge in [-0.3, -0.25) is 0 Å². The molecule has 1 atom stereocenters. The minimum Gasteiger partial charge on any atom is -0.508 e. The molecule has 0 aromatic heterocycles. The predicted molar refractivity (Wildman–Crippen MR) is 73.5 cm³/mol. The van der Waals surface area contributed by atoms with Crippen molar-refractivity contribution < 1.29 is 15.0 Å². The number of nitrogens with one attached hydrogen (secondary N) is 1. The summed E-state index contributed by atoms with van der Waals surface area (Å²) in [6, 6.07) is 13.6. The number of hydrogen-bond donors (Lipinski definition) is 3. The van der Waals surface area contributed by atoms with E-state index in [2.05, 4.69) is 5.32 Å². The summed E-state index contributed by atoms with van der Waals surface area (Å²) in [6.07, 6.45) is 0. The van der Waals surface area contributed by atoms with Gasteiger partial charge >= 0.3 is 5.97 Å². The van der Waals surface area contributed by atoms with Crippen molar-refractivity contribution in [1.82, 2.24) is 0 Å². The van der Waals surface area contributed by atoms with Gasteiger partial charge in [0.2, 0.25) is 0 Å². The van der Waals surface area contributed by atoms with Gasteiger partial charge in [-0.1, -0.05) is 18.2 Å². The average Bonchev–Trinajstić information content (AvgIpc) is 2.39. The van der Waals surface area contributed by atoms with Crippen LogP contribution >= 0.6 is 0 Å². The second-order valence-electron chi connectivity index (χ2n) is 4.35. The molecule has 2 aromatic rings. The van der Waals surface area contributed by atoms with Gasteiger partial charge < -0.3 is 15.5 Å². The van der Waals surface area contributed by atoms with E-state index in [1.54, 1.807) is 36.4 Å². The summed E-state index contributed by atoms with van der Waals surface area (Å²) in [5, 5.41) is 21.6. The van der Waals surface area contributed by atoms with Crippen LogP contribution in [0.3, 0.4) is 0 Å². The van der Waals surface area contributed by atoms with Crippen LogP contribution in [0.25, 0.3) is 0 Å². The van der Waals surface area contributed by atoms with Crippen LogP contribution in [0.2, 0.25) is 0 Å². The number of hydrogen-bond acceptors (Lipinski definition) is 3. The van der Waals surface area contributed by atoms with Crippen LogP contribution in [-0.4, -0.2) is 16.2 Å². The second kappa shape index (κ2) is 5.44. The number of carboxylic acid groups (broad SMARTS) is 1. The average molecular weight is 257 g/mol. The van der Waals surface area contributed by atoms with Crippen molar-refractivity contribution in [3.05, 3.63) is 59.7 Å². The molecule has 0 bridgehead atoms. The van der Waals surface area contributed by atoms with E-state index >= 15 is 0 Å². The third-order valence-corrected chi connectivity index (χ3v) is 2.86. The van der Waals surface area contributed by atoms with Gasteiger partial charge in [0.25, 0.3) is 0 Å². The van der Waals surface area contributed by atoms with E-state index in [0.717, 1.165) is 11.3 Å². The molecule has 0 amide bonds. The molecule has 2 aromatic carbocycles. The normalized spacial score (nSPS) is 11.8. The maximum Gasteiger partial charge on any atom is 0.335 e. The van der Waals surface area contributed by atoms with Crippen molar-refractivity contribution in [2.45, 2.75) is 13.0 Å². The van der Waals surface area contributed by atoms with E-state index in [0.29, 0.717) is 0 Å². The zero-order valence-corrected chi connectivity index (χ0v) is 10.5. The third-order valence-electron chi connectivity index (χ3n) is 2.86. The molecule has 0 spiro atoms. The summed E-state index contributed by atoms with van der Waals surface area (Å²) < 4.78 is 0. The first-order valence-corrected chi connectivity index (χ1v) is 5.95. The third kappa shape index (κ3) is 3.25. The fourth-order valence-corrected chi connectivity index (χ4v) is 1.87. The van der Waals surface area contributed by atoms with E-state index in [1.807, 2.05) is 19.1 Å². The summed E-state index contributed by atoms with van der Waals surface area (Å²) in [6.45, 7) is 1.95. The van der Waals surface area contributed by atoms with Gasteiger partial charge in [0, 0.05) is 11.7 Å². The molecule has 0 aliphatic heterocycles. The molecule has 0 saturated heterocycles. The van der Waals surface area contributed by atoms with Gasteiger partial charge in [-0.2, -0.15) is 0 Å². The van der Waals surface area contributed by atoms with Crippen LogP contribution in [0, 0.1) is 0 Å². The monoisotopic (exact) mass is 257 g/mol. The quantitative estimate of drug-likeness (QED) is 0.786. The highest BCUT2D eigenvalue weighted by molar-refractivity contribution is 5.88. The summed E-state index contributed by atoms with van der Waals surface area (Å²) in [5.74, 6) is -0.737. The predicted octanol–water partition coefficient (Wildman–Crippen LogP) is 3.26. The van der Waals surface area contributed by atoms with Crippen LogP contribution in [0.15, 0.2) is 48.5 Å². The molecule has 0 aliphatic carbocycles. The minimum absolute atomic E-state index is 0.0313. The topological polar surface area (TPSA) is 69.6 Å². The zero-order valence-electron chi connectivity index (χ0n) is 10.5. The minimum atomic E-state index is -0.950. The van der Waals surface area contributed by atoms with E-state index in [4.69, 9.17) is 5.11 Å². The largest absolute Gasteiger partial charge is 0.508 e. The summed E-state index contributed by atoms with van der Waals surface area (Å²) >= 11 is 0. The Labute approximate surface area is 111 Å². The highest BCUT2D eigenvalue weighted by Gasteiger charge is 2.08. The highest BCUT2D eigenvalue weighted by atomic mass is 16.4. The Bertz CT molecular complexity index is 595. The number of carbonyl (C=O) groups is 1. The fourth-order valence-electron chi connectivity index (χ4n) is 1.87. The summed E-state index contributed by atoms with van der Waals surface area (Å²) in [5.41, 5.74) is 1.91. The Kier molecular flexibility index (Phi) is 3.71. The van der Waals surface area contributed by atoms with Gasteiger partial charge in [0.05, 0.1) is 5.56 Å². The molecule has 3 N–H and O–H groups in total. The van der Waals surface area contributed by atoms with Crippen molar-refractivity contribution in [3.8, 4) is 5.75 Å². The van der Waals surface area contributed by atoms with E-state index < -0.39 is 5.97 Å². The van der Waals surface area contributed by atoms with Crippen molar-refractivity contribution in [3.63, 3.8) is 0 Å². The first kappa shape index (κ1) is 13.0. The molecule has 0 aliphatic rings. The van der Waals surface area contributed by atoms with Crippen LogP contribution < -0.4 is 5.32 Å². The standard InChI is InChI=1S/C15H15NO3/c1-10(11-4-3-7-14(17)9-11)16-13-6-2-5-12(8-13)15(18)19/h2-10,16-17H,1H3,(H,18,19). The molecule has 4 heteroatoms. The lowest BCUT2D eigenvalue weighted by Crippen LogP contribution is -2.07. The maximum atomic E-state index is 10.9. The van der Waals surface area contributed by atoms with Crippen LogP contribution in [0.4, 0.5) is 5.69 Å². The van der Waals surface area contributed by atoms with Crippen molar-refractivity contribution >= 4 is 11.7 Å². The van der Waals surface area contributed by atoms with Crippen LogP contribution in [-0.2, 0) is 0 Å². The Balaban J connectivity index is 2.17. The first-order chi connectivity index (χ1) is 9.06. The fraction of sp³-hybridized carbons (Fsp3) is 0.133. The SMILES string of the molecule is CC(Nc1cccc(C(=O)O)c1)c1cccc(O)c1. The number of phenolic OH excluding ortho intramolecular Hbond substituents is 1. The number of rotatable bonds is 4. The van der Waals surface area contributed by atoms with Gasteiger partial charge in [-0.25, -0.2) is 4.79 Å². The Morgan fingerprint density at radius 2 is 1.89 bits per heavy atom. The molecule has 0 saturated carbocycles. The highest BCUT2D eigenvalue weighted by Crippen LogP contribution is 2.22. The van der Waals surface area contributed by atoms with E-state index in [9.17, 15) is 9.90 Å². The summed E-state index contributed by atoms with van der Waals surface area (Å²) in [4.78, 5) is 10.9. The molecule has 98 valence electrons. The molecule has 0 radical (unpaired) electrons. The molecule has 0 fully saturated rings. The molecule has 1 unspecified atom stereocenters.